The van der Waals surface area contributed by atoms with Crippen molar-refractivity contribution in [3.8, 4) is 0 Å². The highest BCUT2D eigenvalue weighted by Gasteiger charge is 2.13. The van der Waals surface area contributed by atoms with Gasteiger partial charge in [0.1, 0.15) is 0 Å². The minimum absolute atomic E-state index is 0. The Bertz CT molecular complexity index is 928. The minimum atomic E-state index is -3.31. The fraction of sp³-hybridized carbons (Fsp3) is 0.409. The van der Waals surface area contributed by atoms with Crippen molar-refractivity contribution in [2.45, 2.75) is 45.7 Å². The van der Waals surface area contributed by atoms with Gasteiger partial charge < -0.3 is 10.2 Å². The van der Waals surface area contributed by atoms with Gasteiger partial charge in [-0.2, -0.15) is 0 Å². The first kappa shape index (κ1) is 26.4. The molecule has 0 spiro atoms. The molecule has 0 fully saturated rings. The molecule has 2 aromatic rings. The molecule has 0 atom stereocenters. The molecule has 0 aliphatic rings. The van der Waals surface area contributed by atoms with E-state index in [1.807, 2.05) is 57.3 Å². The Morgan fingerprint density at radius 1 is 1.07 bits per heavy atom. The van der Waals surface area contributed by atoms with Crippen LogP contribution in [-0.4, -0.2) is 39.4 Å². The van der Waals surface area contributed by atoms with E-state index in [2.05, 4.69) is 39.0 Å². The van der Waals surface area contributed by atoms with Gasteiger partial charge in [-0.15, -0.1) is 24.0 Å². The van der Waals surface area contributed by atoms with Gasteiger partial charge in [0.2, 0.25) is 10.0 Å². The summed E-state index contributed by atoms with van der Waals surface area (Å²) in [4.78, 5) is 6.45. The number of benzene rings is 2. The molecule has 0 saturated carbocycles. The molecule has 166 valence electrons. The molecule has 2 rings (SSSR count). The Morgan fingerprint density at radius 3 is 2.23 bits per heavy atom. The fourth-order valence-corrected chi connectivity index (χ4v) is 4.49. The van der Waals surface area contributed by atoms with E-state index in [0.717, 1.165) is 23.6 Å². The average Bonchev–Trinajstić information content (AvgIpc) is 2.64. The molecule has 2 N–H and O–H groups in total. The van der Waals surface area contributed by atoms with Crippen LogP contribution >= 0.6 is 24.0 Å². The lowest BCUT2D eigenvalue weighted by molar-refractivity contribution is 0.475. The second-order valence-corrected chi connectivity index (χ2v) is 9.29. The third-order valence-corrected chi connectivity index (χ3v) is 6.03. The Kier molecular flexibility index (Phi) is 10.8. The van der Waals surface area contributed by atoms with Crippen LogP contribution in [-0.2, 0) is 28.9 Å². The van der Waals surface area contributed by atoms with Gasteiger partial charge in [-0.3, -0.25) is 4.99 Å². The number of aryl methyl sites for hydroxylation is 1. The number of nitrogens with one attached hydrogen (secondary N) is 2. The van der Waals surface area contributed by atoms with E-state index in [0.29, 0.717) is 6.54 Å². The van der Waals surface area contributed by atoms with Crippen LogP contribution < -0.4 is 10.0 Å². The van der Waals surface area contributed by atoms with Crippen LogP contribution in [0.4, 0.5) is 0 Å². The summed E-state index contributed by atoms with van der Waals surface area (Å²) in [5.74, 6) is 0.792. The van der Waals surface area contributed by atoms with E-state index in [9.17, 15) is 8.42 Å². The first-order chi connectivity index (χ1) is 13.7. The standard InChI is InChI=1S/C22H32N4O2S.HI/c1-17(2)25-29(27,28)16-20-12-10-19(11-13-20)14-24-22(23-4)26(5)15-21-9-7-6-8-18(21)3;/h6-13,17,25H,14-16H2,1-5H3,(H,23,24);1H. The van der Waals surface area contributed by atoms with E-state index in [1.165, 1.54) is 11.1 Å². The number of nitrogens with zero attached hydrogens (tertiary/aromatic N) is 2. The number of hydrogen-bond acceptors (Lipinski definition) is 3. The van der Waals surface area contributed by atoms with E-state index in [1.54, 1.807) is 7.05 Å². The monoisotopic (exact) mass is 544 g/mol. The van der Waals surface area contributed by atoms with Crippen molar-refractivity contribution < 1.29 is 8.42 Å². The first-order valence-corrected chi connectivity index (χ1v) is 11.4. The maximum absolute atomic E-state index is 12.1. The predicted molar refractivity (Wildman–Crippen MR) is 136 cm³/mol. The number of hydrogen-bond donors (Lipinski definition) is 2. The van der Waals surface area contributed by atoms with Crippen molar-refractivity contribution in [2.24, 2.45) is 4.99 Å². The maximum atomic E-state index is 12.1. The lowest BCUT2D eigenvalue weighted by Crippen LogP contribution is -2.38. The molecule has 30 heavy (non-hydrogen) atoms. The smallest absolute Gasteiger partial charge is 0.216 e. The molecule has 0 saturated heterocycles. The summed E-state index contributed by atoms with van der Waals surface area (Å²) in [5, 5.41) is 3.36. The Balaban J connectivity index is 0.00000450. The fourth-order valence-electron chi connectivity index (χ4n) is 3.06. The van der Waals surface area contributed by atoms with Crippen molar-refractivity contribution >= 4 is 40.0 Å². The highest BCUT2D eigenvalue weighted by molar-refractivity contribution is 14.0. The Labute approximate surface area is 198 Å². The molecule has 0 heterocycles. The molecular formula is C22H33IN4O2S. The third kappa shape index (κ3) is 8.61. The number of halogens is 1. The van der Waals surface area contributed by atoms with Gasteiger partial charge in [0.15, 0.2) is 5.96 Å². The summed E-state index contributed by atoms with van der Waals surface area (Å²) in [5.41, 5.74) is 4.35. The highest BCUT2D eigenvalue weighted by atomic mass is 127. The summed E-state index contributed by atoms with van der Waals surface area (Å²) < 4.78 is 26.7. The van der Waals surface area contributed by atoms with Crippen LogP contribution in [0.3, 0.4) is 0 Å². The first-order valence-electron chi connectivity index (χ1n) is 9.74. The summed E-state index contributed by atoms with van der Waals surface area (Å²) in [6.45, 7) is 7.12. The van der Waals surface area contributed by atoms with E-state index in [-0.39, 0.29) is 35.8 Å². The van der Waals surface area contributed by atoms with Crippen LogP contribution in [0, 0.1) is 6.92 Å². The van der Waals surface area contributed by atoms with Crippen LogP contribution in [0.25, 0.3) is 0 Å². The maximum Gasteiger partial charge on any atom is 0.216 e. The van der Waals surface area contributed by atoms with Gasteiger partial charge in [0, 0.05) is 33.2 Å². The molecule has 0 bridgehead atoms. The normalized spacial score (nSPS) is 11.9. The number of rotatable bonds is 8. The number of aliphatic imine (C=N–C) groups is 1. The van der Waals surface area contributed by atoms with Gasteiger partial charge >= 0.3 is 0 Å². The van der Waals surface area contributed by atoms with Gasteiger partial charge in [-0.25, -0.2) is 13.1 Å². The van der Waals surface area contributed by atoms with Gasteiger partial charge in [-0.1, -0.05) is 48.5 Å². The summed E-state index contributed by atoms with van der Waals surface area (Å²) >= 11 is 0. The van der Waals surface area contributed by atoms with Gasteiger partial charge in [0.05, 0.1) is 5.75 Å². The Morgan fingerprint density at radius 2 is 1.67 bits per heavy atom. The van der Waals surface area contributed by atoms with Crippen molar-refractivity contribution in [2.75, 3.05) is 14.1 Å². The summed E-state index contributed by atoms with van der Waals surface area (Å²) in [6, 6.07) is 15.8. The van der Waals surface area contributed by atoms with Crippen molar-refractivity contribution in [1.29, 1.82) is 0 Å². The zero-order valence-electron chi connectivity index (χ0n) is 18.3. The van der Waals surface area contributed by atoms with Crippen molar-refractivity contribution in [3.63, 3.8) is 0 Å². The van der Waals surface area contributed by atoms with Gasteiger partial charge in [-0.05, 0) is 43.0 Å². The number of guanidine groups is 1. The molecule has 2 aromatic carbocycles. The zero-order chi connectivity index (χ0) is 21.4. The molecule has 0 aliphatic carbocycles. The second kappa shape index (κ2) is 12.3. The SMILES string of the molecule is CN=C(NCc1ccc(CS(=O)(=O)NC(C)C)cc1)N(C)Cc1ccccc1C.I. The Hall–Kier alpha value is -1.65. The van der Waals surface area contributed by atoms with E-state index < -0.39 is 10.0 Å². The van der Waals surface area contributed by atoms with Crippen LogP contribution in [0.5, 0.6) is 0 Å². The molecule has 6 nitrogen and oxygen atoms in total. The van der Waals surface area contributed by atoms with Crippen molar-refractivity contribution in [1.82, 2.24) is 14.9 Å². The molecule has 0 unspecified atom stereocenters. The van der Waals surface area contributed by atoms with E-state index >= 15 is 0 Å². The highest BCUT2D eigenvalue weighted by Crippen LogP contribution is 2.11. The minimum Gasteiger partial charge on any atom is -0.352 e. The number of sulfonamides is 1. The predicted octanol–water partition coefficient (Wildman–Crippen LogP) is 3.65. The molecule has 0 amide bonds. The quantitative estimate of drug-likeness (QED) is 0.303. The summed E-state index contributed by atoms with van der Waals surface area (Å²) in [6.07, 6.45) is 0. The zero-order valence-corrected chi connectivity index (χ0v) is 21.5. The lowest BCUT2D eigenvalue weighted by Gasteiger charge is -2.23. The van der Waals surface area contributed by atoms with Crippen molar-refractivity contribution in [3.05, 3.63) is 70.8 Å². The largest absolute Gasteiger partial charge is 0.352 e. The third-order valence-electron chi connectivity index (χ3n) is 4.49. The molecular weight excluding hydrogens is 511 g/mol. The summed E-state index contributed by atoms with van der Waals surface area (Å²) in [7, 11) is 0.469. The van der Waals surface area contributed by atoms with Crippen LogP contribution in [0.15, 0.2) is 53.5 Å². The molecule has 0 aliphatic heterocycles. The van der Waals surface area contributed by atoms with E-state index in [4.69, 9.17) is 0 Å². The van der Waals surface area contributed by atoms with Crippen LogP contribution in [0.2, 0.25) is 0 Å². The topological polar surface area (TPSA) is 73.8 Å². The van der Waals surface area contributed by atoms with Gasteiger partial charge in [0.25, 0.3) is 0 Å². The average molecular weight is 545 g/mol. The molecule has 0 radical (unpaired) electrons. The molecule has 8 heteroatoms. The van der Waals surface area contributed by atoms with Crippen LogP contribution in [0.1, 0.15) is 36.1 Å². The lowest BCUT2D eigenvalue weighted by atomic mass is 10.1. The molecule has 0 aromatic heterocycles. The second-order valence-electron chi connectivity index (χ2n) is 7.53.